The zero-order chi connectivity index (χ0) is 15.0. The van der Waals surface area contributed by atoms with Crippen molar-refractivity contribution in [3.05, 3.63) is 101 Å². The molecule has 0 aliphatic carbocycles. The monoisotopic (exact) mass is 283 g/mol. The van der Waals surface area contributed by atoms with Gasteiger partial charge in [0.05, 0.1) is 5.69 Å². The molecule has 0 aliphatic heterocycles. The molecule has 1 heterocycles. The van der Waals surface area contributed by atoms with Crippen molar-refractivity contribution in [2.24, 2.45) is 0 Å². The Morgan fingerprint density at radius 1 is 0.500 bits per heavy atom. The van der Waals surface area contributed by atoms with Crippen molar-refractivity contribution < 1.29 is 0 Å². The van der Waals surface area contributed by atoms with Crippen LogP contribution in [0.1, 0.15) is 22.4 Å². The first-order valence-electron chi connectivity index (χ1n) is 7.32. The lowest BCUT2D eigenvalue weighted by molar-refractivity contribution is 1.29. The van der Waals surface area contributed by atoms with Crippen LogP contribution in [0.2, 0.25) is 0 Å². The van der Waals surface area contributed by atoms with Crippen molar-refractivity contribution >= 4 is 24.3 Å². The first-order chi connectivity index (χ1) is 10.9. The van der Waals surface area contributed by atoms with Crippen molar-refractivity contribution in [3.8, 4) is 0 Å². The van der Waals surface area contributed by atoms with Crippen LogP contribution in [0.15, 0.2) is 79.0 Å². The predicted octanol–water partition coefficient (Wildman–Crippen LogP) is 5.42. The van der Waals surface area contributed by atoms with Crippen LogP contribution in [0.5, 0.6) is 0 Å². The van der Waals surface area contributed by atoms with Gasteiger partial charge in [0.1, 0.15) is 0 Å². The second kappa shape index (κ2) is 7.19. The van der Waals surface area contributed by atoms with E-state index in [9.17, 15) is 0 Å². The van der Waals surface area contributed by atoms with Gasteiger partial charge in [-0.15, -0.1) is 0 Å². The van der Waals surface area contributed by atoms with Crippen LogP contribution in [0.3, 0.4) is 0 Å². The van der Waals surface area contributed by atoms with Crippen molar-refractivity contribution in [1.82, 2.24) is 4.98 Å². The van der Waals surface area contributed by atoms with Crippen molar-refractivity contribution in [2.75, 3.05) is 0 Å². The lowest BCUT2D eigenvalue weighted by atomic mass is 10.1. The summed E-state index contributed by atoms with van der Waals surface area (Å²) in [6.45, 7) is 0. The molecule has 0 saturated heterocycles. The van der Waals surface area contributed by atoms with E-state index in [-0.39, 0.29) is 0 Å². The summed E-state index contributed by atoms with van der Waals surface area (Å²) >= 11 is 0. The Morgan fingerprint density at radius 3 is 1.59 bits per heavy atom. The highest BCUT2D eigenvalue weighted by Gasteiger charge is 1.91. The number of pyridine rings is 1. The zero-order valence-electron chi connectivity index (χ0n) is 12.3. The largest absolute Gasteiger partial charge is 0.256 e. The first kappa shape index (κ1) is 14.0. The molecule has 2 aromatic carbocycles. The number of rotatable bonds is 4. The molecular formula is C21H17N. The third kappa shape index (κ3) is 4.03. The maximum atomic E-state index is 4.47. The molecule has 0 amide bonds. The fourth-order valence-electron chi connectivity index (χ4n) is 2.12. The normalized spacial score (nSPS) is 11.3. The second-order valence-corrected chi connectivity index (χ2v) is 5.00. The maximum Gasteiger partial charge on any atom is 0.0630 e. The smallest absolute Gasteiger partial charge is 0.0630 e. The molecule has 0 N–H and O–H groups in total. The van der Waals surface area contributed by atoms with E-state index >= 15 is 0 Å². The summed E-state index contributed by atoms with van der Waals surface area (Å²) in [4.78, 5) is 4.47. The predicted molar refractivity (Wildman–Crippen MR) is 95.0 cm³/mol. The summed E-state index contributed by atoms with van der Waals surface area (Å²) < 4.78 is 0. The molecule has 0 saturated carbocycles. The van der Waals surface area contributed by atoms with Gasteiger partial charge in [0.15, 0.2) is 0 Å². The number of hydrogen-bond donors (Lipinski definition) is 0. The minimum Gasteiger partial charge on any atom is -0.256 e. The van der Waals surface area contributed by atoms with E-state index in [1.165, 1.54) is 11.1 Å². The van der Waals surface area contributed by atoms with Gasteiger partial charge < -0.3 is 0 Å². The van der Waals surface area contributed by atoms with Crippen molar-refractivity contribution in [3.63, 3.8) is 0 Å². The lowest BCUT2D eigenvalue weighted by Gasteiger charge is -1.96. The molecule has 0 spiro atoms. The number of aromatic nitrogens is 1. The summed E-state index contributed by atoms with van der Waals surface area (Å²) in [7, 11) is 0. The van der Waals surface area contributed by atoms with Gasteiger partial charge in [-0.05, 0) is 28.8 Å². The highest BCUT2D eigenvalue weighted by atomic mass is 14.7. The molecule has 0 fully saturated rings. The van der Waals surface area contributed by atoms with Gasteiger partial charge in [-0.2, -0.15) is 0 Å². The van der Waals surface area contributed by atoms with Gasteiger partial charge in [-0.3, -0.25) is 4.98 Å². The third-order valence-electron chi connectivity index (χ3n) is 3.32. The molecule has 0 unspecified atom stereocenters. The number of benzene rings is 2. The van der Waals surface area contributed by atoms with Gasteiger partial charge >= 0.3 is 0 Å². The van der Waals surface area contributed by atoms with Gasteiger partial charge in [0, 0.05) is 6.20 Å². The van der Waals surface area contributed by atoms with E-state index < -0.39 is 0 Å². The average molecular weight is 283 g/mol. The van der Waals surface area contributed by atoms with E-state index in [2.05, 4.69) is 53.5 Å². The third-order valence-corrected chi connectivity index (χ3v) is 3.32. The van der Waals surface area contributed by atoms with Crippen LogP contribution >= 0.6 is 0 Å². The molecule has 1 nitrogen and oxygen atoms in total. The first-order valence-corrected chi connectivity index (χ1v) is 7.32. The van der Waals surface area contributed by atoms with Crippen LogP contribution in [-0.4, -0.2) is 4.98 Å². The molecule has 0 atom stereocenters. The van der Waals surface area contributed by atoms with Gasteiger partial charge in [-0.1, -0.05) is 85.0 Å². The molecule has 106 valence electrons. The van der Waals surface area contributed by atoms with Gasteiger partial charge in [0.25, 0.3) is 0 Å². The van der Waals surface area contributed by atoms with Crippen LogP contribution in [-0.2, 0) is 0 Å². The molecular weight excluding hydrogens is 266 g/mol. The summed E-state index contributed by atoms with van der Waals surface area (Å²) in [6.07, 6.45) is 10.2. The number of hydrogen-bond acceptors (Lipinski definition) is 1. The van der Waals surface area contributed by atoms with Crippen LogP contribution in [0, 0.1) is 0 Å². The Bertz CT molecular complexity index is 686. The Labute approximate surface area is 131 Å². The minimum atomic E-state index is 0.959. The van der Waals surface area contributed by atoms with E-state index in [0.717, 1.165) is 11.3 Å². The maximum absolute atomic E-state index is 4.47. The summed E-state index contributed by atoms with van der Waals surface area (Å²) in [5.74, 6) is 0. The summed E-state index contributed by atoms with van der Waals surface area (Å²) in [6, 6.07) is 24.6. The second-order valence-electron chi connectivity index (χ2n) is 5.00. The highest BCUT2D eigenvalue weighted by Crippen LogP contribution is 2.10. The topological polar surface area (TPSA) is 12.9 Å². The minimum absolute atomic E-state index is 0.959. The highest BCUT2D eigenvalue weighted by molar-refractivity contribution is 5.71. The van der Waals surface area contributed by atoms with E-state index in [4.69, 9.17) is 0 Å². The van der Waals surface area contributed by atoms with Gasteiger partial charge in [-0.25, -0.2) is 0 Å². The number of nitrogens with zero attached hydrogens (tertiary/aromatic N) is 1. The van der Waals surface area contributed by atoms with Crippen molar-refractivity contribution in [1.29, 1.82) is 0 Å². The molecule has 3 rings (SSSR count). The average Bonchev–Trinajstić information content (AvgIpc) is 2.61. The molecule has 3 aromatic rings. The van der Waals surface area contributed by atoms with E-state index in [0.29, 0.717) is 0 Å². The van der Waals surface area contributed by atoms with Gasteiger partial charge in [0.2, 0.25) is 0 Å². The Morgan fingerprint density at radius 2 is 1.05 bits per heavy atom. The van der Waals surface area contributed by atoms with Crippen LogP contribution in [0.25, 0.3) is 24.3 Å². The summed E-state index contributed by atoms with van der Waals surface area (Å²) in [5.41, 5.74) is 4.43. The molecule has 1 heteroatoms. The van der Waals surface area contributed by atoms with Crippen LogP contribution in [0.4, 0.5) is 0 Å². The lowest BCUT2D eigenvalue weighted by Crippen LogP contribution is -1.81. The fraction of sp³-hybridized carbons (Fsp3) is 0. The quantitative estimate of drug-likeness (QED) is 0.622. The van der Waals surface area contributed by atoms with Crippen LogP contribution < -0.4 is 0 Å². The SMILES string of the molecule is C(=Cc1ccc(C=Cc2ccccc2)nc1)c1ccccc1. The Balaban J connectivity index is 1.68. The molecule has 0 bridgehead atoms. The summed E-state index contributed by atoms with van der Waals surface area (Å²) in [5, 5.41) is 0. The van der Waals surface area contributed by atoms with E-state index in [1.54, 1.807) is 0 Å². The van der Waals surface area contributed by atoms with E-state index in [1.807, 2.05) is 54.7 Å². The molecule has 1 aromatic heterocycles. The standard InChI is InChI=1S/C21H17N/c1-3-7-18(8-4-1)11-12-20-14-16-21(22-17-20)15-13-19-9-5-2-6-10-19/h1-17H. The zero-order valence-corrected chi connectivity index (χ0v) is 12.3. The van der Waals surface area contributed by atoms with Crippen molar-refractivity contribution in [2.45, 2.75) is 0 Å². The fourth-order valence-corrected chi connectivity index (χ4v) is 2.12. The Kier molecular flexibility index (Phi) is 4.58. The molecule has 0 aliphatic rings. The Hall–Kier alpha value is -2.93. The molecule has 0 radical (unpaired) electrons. The molecule has 22 heavy (non-hydrogen) atoms.